The molecule has 0 bridgehead atoms. The summed E-state index contributed by atoms with van der Waals surface area (Å²) < 4.78 is 53.2. The van der Waals surface area contributed by atoms with Gasteiger partial charge < -0.3 is 10.6 Å². The van der Waals surface area contributed by atoms with Crippen LogP contribution in [0.4, 0.5) is 8.78 Å². The molecule has 1 atom stereocenters. The van der Waals surface area contributed by atoms with E-state index in [1.165, 1.54) is 37.4 Å². The Labute approximate surface area is 171 Å². The summed E-state index contributed by atoms with van der Waals surface area (Å²) in [5, 5.41) is 4.93. The molecular formula is C18H18ClF2N3O4S. The van der Waals surface area contributed by atoms with E-state index in [4.69, 9.17) is 11.6 Å². The quantitative estimate of drug-likeness (QED) is 0.577. The minimum atomic E-state index is -3.88. The third-order valence-corrected chi connectivity index (χ3v) is 5.54. The first-order valence-electron chi connectivity index (χ1n) is 8.35. The number of benzene rings is 2. The number of hydrogen-bond donors (Lipinski definition) is 3. The molecule has 29 heavy (non-hydrogen) atoms. The highest BCUT2D eigenvalue weighted by Crippen LogP contribution is 2.17. The third kappa shape index (κ3) is 6.21. The molecule has 2 rings (SSSR count). The molecule has 2 aromatic carbocycles. The molecule has 156 valence electrons. The third-order valence-electron chi connectivity index (χ3n) is 3.84. The molecule has 0 aromatic heterocycles. The van der Waals surface area contributed by atoms with E-state index in [1.54, 1.807) is 0 Å². The summed E-state index contributed by atoms with van der Waals surface area (Å²) in [6.07, 6.45) is -0.295. The lowest BCUT2D eigenvalue weighted by Crippen LogP contribution is -2.40. The zero-order valence-corrected chi connectivity index (χ0v) is 16.8. The van der Waals surface area contributed by atoms with Gasteiger partial charge in [0.1, 0.15) is 6.04 Å². The highest BCUT2D eigenvalue weighted by Gasteiger charge is 2.23. The Morgan fingerprint density at radius 1 is 1.10 bits per heavy atom. The van der Waals surface area contributed by atoms with Crippen LogP contribution in [0.3, 0.4) is 0 Å². The van der Waals surface area contributed by atoms with Gasteiger partial charge in [0.25, 0.3) is 0 Å². The average Bonchev–Trinajstić information content (AvgIpc) is 2.67. The van der Waals surface area contributed by atoms with Crippen LogP contribution in [-0.2, 0) is 19.6 Å². The van der Waals surface area contributed by atoms with Gasteiger partial charge in [-0.15, -0.1) is 0 Å². The molecule has 0 fully saturated rings. The van der Waals surface area contributed by atoms with E-state index >= 15 is 0 Å². The maximum absolute atomic E-state index is 13.5. The fourth-order valence-electron chi connectivity index (χ4n) is 2.39. The van der Waals surface area contributed by atoms with E-state index in [9.17, 15) is 26.8 Å². The Balaban J connectivity index is 2.01. The maximum atomic E-state index is 13.5. The molecule has 0 saturated heterocycles. The monoisotopic (exact) mass is 445 g/mol. The summed E-state index contributed by atoms with van der Waals surface area (Å²) in [6.45, 7) is -0.251. The first-order valence-corrected chi connectivity index (χ1v) is 10.2. The first kappa shape index (κ1) is 22.7. The van der Waals surface area contributed by atoms with Crippen molar-refractivity contribution >= 4 is 33.4 Å². The van der Waals surface area contributed by atoms with Gasteiger partial charge in [0.2, 0.25) is 21.8 Å². The number of hydrogen-bond acceptors (Lipinski definition) is 4. The van der Waals surface area contributed by atoms with Gasteiger partial charge in [0.05, 0.1) is 4.90 Å². The fraction of sp³-hybridized carbons (Fsp3) is 0.222. The van der Waals surface area contributed by atoms with Crippen molar-refractivity contribution in [3.05, 3.63) is 64.7 Å². The summed E-state index contributed by atoms with van der Waals surface area (Å²) in [4.78, 5) is 24.1. The molecule has 7 nitrogen and oxygen atoms in total. The number of likely N-dealkylation sites (N-methyl/N-ethyl adjacent to an activating group) is 1. The van der Waals surface area contributed by atoms with Crippen LogP contribution < -0.4 is 15.4 Å². The molecule has 1 unspecified atom stereocenters. The van der Waals surface area contributed by atoms with Crippen LogP contribution in [0.5, 0.6) is 0 Å². The fourth-order valence-corrected chi connectivity index (χ4v) is 3.72. The van der Waals surface area contributed by atoms with Crippen LogP contribution in [0.15, 0.2) is 47.4 Å². The summed E-state index contributed by atoms with van der Waals surface area (Å²) in [5.41, 5.74) is 0.0381. The Morgan fingerprint density at radius 2 is 1.83 bits per heavy atom. The number of amides is 2. The largest absolute Gasteiger partial charge is 0.357 e. The molecular weight excluding hydrogens is 428 g/mol. The molecule has 0 spiro atoms. The molecule has 0 aliphatic rings. The summed E-state index contributed by atoms with van der Waals surface area (Å²) in [6, 6.07) is 7.13. The summed E-state index contributed by atoms with van der Waals surface area (Å²) >= 11 is 5.77. The van der Waals surface area contributed by atoms with Crippen molar-refractivity contribution in [3.8, 4) is 0 Å². The molecule has 0 radical (unpaired) electrons. The predicted octanol–water partition coefficient (Wildman–Crippen LogP) is 1.89. The first-order chi connectivity index (χ1) is 13.6. The van der Waals surface area contributed by atoms with Gasteiger partial charge >= 0.3 is 0 Å². The number of sulfonamides is 1. The highest BCUT2D eigenvalue weighted by molar-refractivity contribution is 7.89. The molecule has 0 aliphatic heterocycles. The topological polar surface area (TPSA) is 104 Å². The number of carbonyl (C=O) groups is 2. The van der Waals surface area contributed by atoms with Crippen molar-refractivity contribution in [2.75, 3.05) is 13.6 Å². The maximum Gasteiger partial charge on any atom is 0.246 e. The van der Waals surface area contributed by atoms with Gasteiger partial charge in [-0.25, -0.2) is 21.9 Å². The predicted molar refractivity (Wildman–Crippen MR) is 103 cm³/mol. The Morgan fingerprint density at radius 3 is 2.45 bits per heavy atom. The van der Waals surface area contributed by atoms with Crippen LogP contribution in [0, 0.1) is 11.6 Å². The van der Waals surface area contributed by atoms with Gasteiger partial charge in [-0.05, 0) is 35.9 Å². The molecule has 0 heterocycles. The zero-order valence-electron chi connectivity index (χ0n) is 15.2. The highest BCUT2D eigenvalue weighted by atomic mass is 35.5. The lowest BCUT2D eigenvalue weighted by atomic mass is 10.1. The van der Waals surface area contributed by atoms with Gasteiger partial charge in [-0.2, -0.15) is 0 Å². The normalized spacial score (nSPS) is 12.3. The smallest absolute Gasteiger partial charge is 0.246 e. The zero-order chi connectivity index (χ0) is 21.6. The second-order valence-corrected chi connectivity index (χ2v) is 8.10. The van der Waals surface area contributed by atoms with Crippen LogP contribution in [-0.4, -0.2) is 33.8 Å². The van der Waals surface area contributed by atoms with Crippen molar-refractivity contribution in [2.24, 2.45) is 0 Å². The second-order valence-electron chi connectivity index (χ2n) is 5.89. The summed E-state index contributed by atoms with van der Waals surface area (Å²) in [5.74, 6) is -3.58. The molecule has 0 saturated carbocycles. The molecule has 2 amide bonds. The number of carbonyl (C=O) groups excluding carboxylic acids is 2. The average molecular weight is 446 g/mol. The lowest BCUT2D eigenvalue weighted by molar-refractivity contribution is -0.128. The van der Waals surface area contributed by atoms with Gasteiger partial charge in [0.15, 0.2) is 11.6 Å². The minimum absolute atomic E-state index is 0.0381. The number of nitrogens with one attached hydrogen (secondary N) is 3. The molecule has 11 heteroatoms. The van der Waals surface area contributed by atoms with Crippen molar-refractivity contribution < 1.29 is 26.8 Å². The van der Waals surface area contributed by atoms with E-state index in [2.05, 4.69) is 15.4 Å². The van der Waals surface area contributed by atoms with E-state index in [0.29, 0.717) is 0 Å². The number of halogens is 3. The van der Waals surface area contributed by atoms with E-state index in [1.807, 2.05) is 0 Å². The van der Waals surface area contributed by atoms with Crippen molar-refractivity contribution in [3.63, 3.8) is 0 Å². The van der Waals surface area contributed by atoms with Crippen molar-refractivity contribution in [1.82, 2.24) is 15.4 Å². The standard InChI is InChI=1S/C18H18ClF2N3O4S/c1-22-18(26)17(11-5-6-14(20)15(21)9-11)24-16(25)7-8-23-29(27,28)13-4-2-3-12(19)10-13/h2-6,9-10,17,23H,7-8H2,1H3,(H,22,26)(H,24,25). The molecule has 0 aliphatic carbocycles. The molecule has 3 N–H and O–H groups in total. The van der Waals surface area contributed by atoms with Crippen LogP contribution in [0.2, 0.25) is 5.02 Å². The van der Waals surface area contributed by atoms with E-state index < -0.39 is 39.5 Å². The Hall–Kier alpha value is -2.56. The lowest BCUT2D eigenvalue weighted by Gasteiger charge is -2.18. The van der Waals surface area contributed by atoms with Crippen LogP contribution >= 0.6 is 11.6 Å². The second kappa shape index (κ2) is 9.77. The van der Waals surface area contributed by atoms with Crippen molar-refractivity contribution in [2.45, 2.75) is 17.4 Å². The Bertz CT molecular complexity index is 1020. The van der Waals surface area contributed by atoms with Crippen molar-refractivity contribution in [1.29, 1.82) is 0 Å². The SMILES string of the molecule is CNC(=O)C(NC(=O)CCNS(=O)(=O)c1cccc(Cl)c1)c1ccc(F)c(F)c1. The number of rotatable bonds is 8. The van der Waals surface area contributed by atoms with Gasteiger partial charge in [-0.1, -0.05) is 23.7 Å². The summed E-state index contributed by atoms with van der Waals surface area (Å²) in [7, 11) is -2.56. The van der Waals surface area contributed by atoms with Gasteiger partial charge in [0, 0.05) is 25.0 Å². The van der Waals surface area contributed by atoms with E-state index in [0.717, 1.165) is 12.1 Å². The van der Waals surface area contributed by atoms with Gasteiger partial charge in [-0.3, -0.25) is 9.59 Å². The van der Waals surface area contributed by atoms with Crippen LogP contribution in [0.25, 0.3) is 0 Å². The van der Waals surface area contributed by atoms with E-state index in [-0.39, 0.29) is 28.4 Å². The Kier molecular flexibility index (Phi) is 7.66. The molecule has 2 aromatic rings. The minimum Gasteiger partial charge on any atom is -0.357 e. The van der Waals surface area contributed by atoms with Crippen LogP contribution in [0.1, 0.15) is 18.0 Å².